The number of nitrogens with zero attached hydrogens (tertiary/aromatic N) is 3. The van der Waals surface area contributed by atoms with Gasteiger partial charge in [0, 0.05) is 38.1 Å². The largest absolute Gasteiger partial charge is 0.448 e. The molecule has 0 aromatic heterocycles. The van der Waals surface area contributed by atoms with E-state index < -0.39 is 0 Å². The van der Waals surface area contributed by atoms with Crippen molar-refractivity contribution in [3.63, 3.8) is 0 Å². The van der Waals surface area contributed by atoms with Crippen LogP contribution in [0.5, 0.6) is 0 Å². The Hall–Kier alpha value is -1.95. The van der Waals surface area contributed by atoms with Crippen LogP contribution in [0.2, 0.25) is 5.02 Å². The highest BCUT2D eigenvalue weighted by atomic mass is 35.5. The van der Waals surface area contributed by atoms with Gasteiger partial charge < -0.3 is 19.4 Å². The van der Waals surface area contributed by atoms with Gasteiger partial charge in [-0.05, 0) is 24.6 Å². The average molecular weight is 338 g/mol. The van der Waals surface area contributed by atoms with Gasteiger partial charge in [-0.2, -0.15) is 0 Å². The number of ether oxygens (including phenoxy) is 1. The van der Waals surface area contributed by atoms with Crippen molar-refractivity contribution < 1.29 is 14.3 Å². The minimum Gasteiger partial charge on any atom is -0.448 e. The van der Waals surface area contributed by atoms with Gasteiger partial charge in [0.15, 0.2) is 0 Å². The number of halogens is 1. The van der Waals surface area contributed by atoms with Crippen LogP contribution in [0, 0.1) is 0 Å². The number of carbonyl (C=O) groups excluding carboxylic acids is 2. The Kier molecular flexibility index (Phi) is 4.61. The Labute approximate surface area is 140 Å². The Morgan fingerprint density at radius 1 is 1.26 bits per heavy atom. The first-order valence-corrected chi connectivity index (χ1v) is 8.17. The third-order valence-electron chi connectivity index (χ3n) is 4.26. The molecule has 1 saturated heterocycles. The molecule has 0 atom stereocenters. The van der Waals surface area contributed by atoms with Crippen molar-refractivity contribution in [3.05, 3.63) is 23.2 Å². The topological polar surface area (TPSA) is 53.1 Å². The molecule has 0 radical (unpaired) electrons. The molecule has 2 amide bonds. The number of hydrogen-bond donors (Lipinski definition) is 0. The highest BCUT2D eigenvalue weighted by molar-refractivity contribution is 6.31. The van der Waals surface area contributed by atoms with Crippen molar-refractivity contribution in [2.75, 3.05) is 49.6 Å². The van der Waals surface area contributed by atoms with Gasteiger partial charge in [0.1, 0.15) is 6.61 Å². The van der Waals surface area contributed by atoms with Gasteiger partial charge in [-0.3, -0.25) is 4.79 Å². The maximum Gasteiger partial charge on any atom is 0.409 e. The smallest absolute Gasteiger partial charge is 0.409 e. The predicted molar refractivity (Wildman–Crippen MR) is 89.2 cm³/mol. The summed E-state index contributed by atoms with van der Waals surface area (Å²) in [6.45, 7) is 2.88. The highest BCUT2D eigenvalue weighted by Gasteiger charge is 2.26. The van der Waals surface area contributed by atoms with Crippen LogP contribution >= 0.6 is 11.6 Å². The first kappa shape index (κ1) is 15.9. The van der Waals surface area contributed by atoms with Gasteiger partial charge in [-0.25, -0.2) is 4.79 Å². The van der Waals surface area contributed by atoms with Crippen LogP contribution in [0.15, 0.2) is 18.2 Å². The van der Waals surface area contributed by atoms with Gasteiger partial charge in [0.2, 0.25) is 5.91 Å². The molecule has 2 aliphatic rings. The number of fused-ring (bicyclic) bond motifs is 1. The number of benzene rings is 1. The summed E-state index contributed by atoms with van der Waals surface area (Å²) in [5, 5.41) is 0.611. The third-order valence-corrected chi connectivity index (χ3v) is 4.49. The Balaban J connectivity index is 1.76. The molecule has 2 heterocycles. The lowest BCUT2D eigenvalue weighted by Crippen LogP contribution is -2.35. The van der Waals surface area contributed by atoms with Crippen molar-refractivity contribution in [3.8, 4) is 0 Å². The molecule has 0 N–H and O–H groups in total. The normalized spacial score (nSPS) is 17.8. The average Bonchev–Trinajstić information content (AvgIpc) is 2.86. The second-order valence-electron chi connectivity index (χ2n) is 5.80. The molecule has 1 aromatic rings. The van der Waals surface area contributed by atoms with Crippen LogP contribution in [-0.2, 0) is 9.53 Å². The fraction of sp³-hybridized carbons (Fsp3) is 0.500. The summed E-state index contributed by atoms with van der Waals surface area (Å²) in [7, 11) is 2.01. The van der Waals surface area contributed by atoms with Gasteiger partial charge in [-0.15, -0.1) is 0 Å². The summed E-state index contributed by atoms with van der Waals surface area (Å²) in [5.74, 6) is 0.00326. The van der Waals surface area contributed by atoms with Gasteiger partial charge in [0.25, 0.3) is 0 Å². The zero-order valence-electron chi connectivity index (χ0n) is 13.1. The lowest BCUT2D eigenvalue weighted by atomic mass is 10.2. The molecule has 6 nitrogen and oxygen atoms in total. The summed E-state index contributed by atoms with van der Waals surface area (Å²) in [4.78, 5) is 29.6. The minimum atomic E-state index is -0.336. The van der Waals surface area contributed by atoms with Crippen LogP contribution in [0.1, 0.15) is 12.8 Å². The van der Waals surface area contributed by atoms with Gasteiger partial charge >= 0.3 is 6.09 Å². The highest BCUT2D eigenvalue weighted by Crippen LogP contribution is 2.34. The first-order valence-electron chi connectivity index (χ1n) is 7.79. The van der Waals surface area contributed by atoms with E-state index in [1.807, 2.05) is 25.2 Å². The van der Waals surface area contributed by atoms with Crippen LogP contribution in [0.3, 0.4) is 0 Å². The molecule has 0 spiro atoms. The summed E-state index contributed by atoms with van der Waals surface area (Å²) in [5.41, 5.74) is 1.84. The molecule has 3 rings (SSSR count). The zero-order valence-corrected chi connectivity index (χ0v) is 13.9. The van der Waals surface area contributed by atoms with Gasteiger partial charge in [0.05, 0.1) is 17.9 Å². The van der Waals surface area contributed by atoms with Crippen LogP contribution in [0.25, 0.3) is 0 Å². The molecular formula is C16H20ClN3O3. The fourth-order valence-corrected chi connectivity index (χ4v) is 3.16. The molecule has 124 valence electrons. The Morgan fingerprint density at radius 3 is 2.83 bits per heavy atom. The number of carbonyl (C=O) groups is 2. The fourth-order valence-electron chi connectivity index (χ4n) is 3.00. The van der Waals surface area contributed by atoms with Gasteiger partial charge in [-0.1, -0.05) is 11.6 Å². The van der Waals surface area contributed by atoms with Crippen LogP contribution in [0.4, 0.5) is 16.2 Å². The van der Waals surface area contributed by atoms with Crippen molar-refractivity contribution in [2.24, 2.45) is 0 Å². The standard InChI is InChI=1S/C16H20ClN3O3/c1-18-6-2-7-20(14-11-12(17)3-4-13(14)18)15(21)5-8-19-9-10-23-16(19)22/h3-4,11H,2,5-10H2,1H3. The van der Waals surface area contributed by atoms with E-state index in [1.165, 1.54) is 0 Å². The van der Waals surface area contributed by atoms with Crippen molar-refractivity contribution >= 4 is 35.0 Å². The summed E-state index contributed by atoms with van der Waals surface area (Å²) >= 11 is 6.12. The van der Waals surface area contributed by atoms with E-state index >= 15 is 0 Å². The van der Waals surface area contributed by atoms with E-state index in [4.69, 9.17) is 16.3 Å². The van der Waals surface area contributed by atoms with Crippen LogP contribution in [-0.4, -0.2) is 56.7 Å². The number of anilines is 2. The Morgan fingerprint density at radius 2 is 2.09 bits per heavy atom. The van der Waals surface area contributed by atoms with Crippen LogP contribution < -0.4 is 9.80 Å². The zero-order chi connectivity index (χ0) is 16.4. The SMILES string of the molecule is CN1CCCN(C(=O)CCN2CCOC2=O)c2cc(Cl)ccc21. The first-order chi connectivity index (χ1) is 11.1. The van der Waals surface area contributed by atoms with E-state index in [0.717, 1.165) is 24.3 Å². The van der Waals surface area contributed by atoms with Crippen molar-refractivity contribution in [2.45, 2.75) is 12.8 Å². The molecule has 0 bridgehead atoms. The molecule has 2 aliphatic heterocycles. The number of cyclic esters (lactones) is 1. The maximum atomic E-state index is 12.7. The van der Waals surface area contributed by atoms with E-state index in [-0.39, 0.29) is 18.4 Å². The lowest BCUT2D eigenvalue weighted by Gasteiger charge is -2.25. The minimum absolute atomic E-state index is 0.00326. The van der Waals surface area contributed by atoms with E-state index in [0.29, 0.717) is 31.3 Å². The van der Waals surface area contributed by atoms with E-state index in [9.17, 15) is 9.59 Å². The molecule has 1 fully saturated rings. The predicted octanol–water partition coefficient (Wildman–Crippen LogP) is 2.36. The number of rotatable bonds is 3. The van der Waals surface area contributed by atoms with Crippen molar-refractivity contribution in [1.29, 1.82) is 0 Å². The van der Waals surface area contributed by atoms with E-state index in [2.05, 4.69) is 4.90 Å². The quantitative estimate of drug-likeness (QED) is 0.849. The molecule has 0 unspecified atom stereocenters. The molecule has 23 heavy (non-hydrogen) atoms. The molecule has 0 saturated carbocycles. The number of hydrogen-bond acceptors (Lipinski definition) is 4. The number of amides is 2. The third kappa shape index (κ3) is 3.37. The molecular weight excluding hydrogens is 318 g/mol. The van der Waals surface area contributed by atoms with E-state index in [1.54, 1.807) is 9.80 Å². The lowest BCUT2D eigenvalue weighted by molar-refractivity contribution is -0.118. The second-order valence-corrected chi connectivity index (χ2v) is 6.24. The Bertz CT molecular complexity index is 623. The summed E-state index contributed by atoms with van der Waals surface area (Å²) in [6, 6.07) is 5.62. The molecule has 1 aromatic carbocycles. The summed E-state index contributed by atoms with van der Waals surface area (Å²) < 4.78 is 4.89. The maximum absolute atomic E-state index is 12.7. The molecule has 0 aliphatic carbocycles. The monoisotopic (exact) mass is 337 g/mol. The summed E-state index contributed by atoms with van der Waals surface area (Å²) in [6.07, 6.45) is 0.835. The van der Waals surface area contributed by atoms with Crippen molar-refractivity contribution in [1.82, 2.24) is 4.90 Å². The molecule has 7 heteroatoms. The second kappa shape index (κ2) is 6.66.